The monoisotopic (exact) mass is 559 g/mol. The highest BCUT2D eigenvalue weighted by Crippen LogP contribution is 2.47. The van der Waals surface area contributed by atoms with Gasteiger partial charge < -0.3 is 4.90 Å². The van der Waals surface area contributed by atoms with Crippen LogP contribution in [0.15, 0.2) is 106 Å². The number of thioether (sulfide) groups is 1. The molecule has 0 atom stereocenters. The van der Waals surface area contributed by atoms with E-state index in [1.807, 2.05) is 23.1 Å². The topological polar surface area (TPSA) is 7.12 Å². The fourth-order valence-corrected chi connectivity index (χ4v) is 9.03. The molecule has 0 bridgehead atoms. The lowest BCUT2D eigenvalue weighted by Gasteiger charge is -2.31. The molecule has 0 saturated heterocycles. The van der Waals surface area contributed by atoms with Gasteiger partial charge in [-0.2, -0.15) is 4.57 Å². The highest BCUT2D eigenvalue weighted by molar-refractivity contribution is 8.03. The highest BCUT2D eigenvalue weighted by atomic mass is 32.2. The number of hydrogen-bond acceptors (Lipinski definition) is 3. The quantitative estimate of drug-likeness (QED) is 0.160. The predicted octanol–water partition coefficient (Wildman–Crippen LogP) is 10.1. The number of hydrogen-bond donors (Lipinski definition) is 0. The molecular weight excluding hydrogens is 525 g/mol. The van der Waals surface area contributed by atoms with Crippen LogP contribution in [0.4, 0.5) is 5.69 Å². The molecule has 0 fully saturated rings. The van der Waals surface area contributed by atoms with Crippen molar-refractivity contribution in [3.8, 4) is 0 Å². The molecule has 0 amide bonds. The lowest BCUT2D eigenvalue weighted by molar-refractivity contribution is -0.664. The minimum Gasteiger partial charge on any atom is -0.335 e. The highest BCUT2D eigenvalue weighted by Gasteiger charge is 2.29. The fraction of sp³-hybridized carbons (Fsp3) is 0.250. The number of aryl methyl sites for hydroxylation is 1. The zero-order chi connectivity index (χ0) is 27.4. The maximum Gasteiger partial charge on any atom is 0.263 e. The van der Waals surface area contributed by atoms with Crippen LogP contribution in [0.5, 0.6) is 0 Å². The molecule has 1 aromatic heterocycles. The summed E-state index contributed by atoms with van der Waals surface area (Å²) < 4.78 is 3.89. The summed E-state index contributed by atoms with van der Waals surface area (Å²) in [4.78, 5) is 3.81. The summed E-state index contributed by atoms with van der Waals surface area (Å²) in [5.74, 6) is 0. The Hall–Kier alpha value is -3.34. The molecule has 200 valence electrons. The van der Waals surface area contributed by atoms with E-state index in [1.165, 1.54) is 63.5 Å². The van der Waals surface area contributed by atoms with Gasteiger partial charge in [0.15, 0.2) is 0 Å². The van der Waals surface area contributed by atoms with Crippen molar-refractivity contribution >= 4 is 66.6 Å². The van der Waals surface area contributed by atoms with Gasteiger partial charge in [0.2, 0.25) is 5.52 Å². The first kappa shape index (κ1) is 25.6. The van der Waals surface area contributed by atoms with Gasteiger partial charge in [-0.15, -0.1) is 0 Å². The lowest BCUT2D eigenvalue weighted by atomic mass is 9.75. The number of rotatable bonds is 4. The van der Waals surface area contributed by atoms with Gasteiger partial charge in [-0.1, -0.05) is 91.6 Å². The van der Waals surface area contributed by atoms with Gasteiger partial charge in [-0.05, 0) is 89.8 Å². The van der Waals surface area contributed by atoms with E-state index < -0.39 is 0 Å². The van der Waals surface area contributed by atoms with E-state index in [9.17, 15) is 0 Å². The second-order valence-corrected chi connectivity index (χ2v) is 13.9. The van der Waals surface area contributed by atoms with E-state index in [1.54, 1.807) is 0 Å². The third kappa shape index (κ3) is 4.38. The summed E-state index contributed by atoms with van der Waals surface area (Å²) in [6, 6.07) is 26.8. The maximum absolute atomic E-state index is 2.53. The van der Waals surface area contributed by atoms with Crippen molar-refractivity contribution in [3.63, 3.8) is 0 Å². The fourth-order valence-electron chi connectivity index (χ4n) is 6.61. The van der Waals surface area contributed by atoms with Gasteiger partial charge in [0.05, 0.1) is 16.1 Å². The van der Waals surface area contributed by atoms with Crippen molar-refractivity contribution < 1.29 is 4.57 Å². The summed E-state index contributed by atoms with van der Waals surface area (Å²) in [5, 5.41) is 8.01. The lowest BCUT2D eigenvalue weighted by Crippen LogP contribution is -2.33. The molecule has 0 spiro atoms. The molecule has 0 unspecified atom stereocenters. The Bertz CT molecular complexity index is 1890. The molecule has 0 radical (unpaired) electrons. The second-order valence-electron chi connectivity index (χ2n) is 11.7. The molecule has 0 N–H and O–H groups in total. The zero-order valence-corrected chi connectivity index (χ0v) is 25.3. The van der Waals surface area contributed by atoms with Crippen molar-refractivity contribution in [1.82, 2.24) is 0 Å². The second kappa shape index (κ2) is 9.94. The number of fused-ring (bicyclic) bond motifs is 6. The van der Waals surface area contributed by atoms with Crippen molar-refractivity contribution in [1.29, 1.82) is 0 Å². The van der Waals surface area contributed by atoms with Gasteiger partial charge in [0.25, 0.3) is 5.01 Å². The Morgan fingerprint density at radius 1 is 0.850 bits per heavy atom. The minimum absolute atomic E-state index is 0.222. The molecule has 2 heterocycles. The van der Waals surface area contributed by atoms with Crippen LogP contribution in [0, 0.1) is 5.41 Å². The molecule has 40 heavy (non-hydrogen) atoms. The zero-order valence-electron chi connectivity index (χ0n) is 23.7. The van der Waals surface area contributed by atoms with Crippen LogP contribution >= 0.6 is 23.1 Å². The predicted molar refractivity (Wildman–Crippen MR) is 175 cm³/mol. The summed E-state index contributed by atoms with van der Waals surface area (Å²) in [6.07, 6.45) is 9.56. The van der Waals surface area contributed by atoms with Crippen LogP contribution in [-0.4, -0.2) is 6.54 Å². The van der Waals surface area contributed by atoms with E-state index >= 15 is 0 Å². The first-order valence-electron chi connectivity index (χ1n) is 14.4. The Kier molecular flexibility index (Phi) is 6.36. The van der Waals surface area contributed by atoms with Gasteiger partial charge >= 0.3 is 0 Å². The Morgan fingerprint density at radius 2 is 1.65 bits per heavy atom. The van der Waals surface area contributed by atoms with E-state index in [0.29, 0.717) is 0 Å². The van der Waals surface area contributed by atoms with Crippen LogP contribution in [-0.2, 0) is 6.54 Å². The largest absolute Gasteiger partial charge is 0.335 e. The SMILES string of the molecule is CCN1/C(=C/C2=CC(=C/c3sc4ccc5c6ccccc6ccc5c4[n+]3CC)/CC(C)(C)C2)Sc2ccccc21. The van der Waals surface area contributed by atoms with Crippen molar-refractivity contribution in [2.24, 2.45) is 5.41 Å². The van der Waals surface area contributed by atoms with Crippen molar-refractivity contribution in [3.05, 3.63) is 106 Å². The van der Waals surface area contributed by atoms with Crippen LogP contribution in [0.3, 0.4) is 0 Å². The third-order valence-electron chi connectivity index (χ3n) is 8.23. The summed E-state index contributed by atoms with van der Waals surface area (Å²) in [7, 11) is 0. The van der Waals surface area contributed by atoms with Gasteiger partial charge in [-0.25, -0.2) is 0 Å². The first-order chi connectivity index (χ1) is 19.4. The molecule has 2 aliphatic rings. The number of anilines is 1. The molecule has 4 aromatic carbocycles. The third-order valence-corrected chi connectivity index (χ3v) is 10.4. The summed E-state index contributed by atoms with van der Waals surface area (Å²) in [5.41, 5.74) is 5.77. The summed E-state index contributed by atoms with van der Waals surface area (Å²) >= 11 is 3.83. The maximum atomic E-state index is 2.53. The van der Waals surface area contributed by atoms with Crippen LogP contribution in [0.2, 0.25) is 0 Å². The van der Waals surface area contributed by atoms with Gasteiger partial charge in [0, 0.05) is 17.5 Å². The molecule has 1 aliphatic carbocycles. The molecular formula is C36H35N2S2+. The molecule has 2 nitrogen and oxygen atoms in total. The minimum atomic E-state index is 0.222. The van der Waals surface area contributed by atoms with E-state index in [4.69, 9.17) is 0 Å². The number of benzene rings is 4. The van der Waals surface area contributed by atoms with E-state index in [-0.39, 0.29) is 5.41 Å². The van der Waals surface area contributed by atoms with E-state index in [2.05, 4.69) is 128 Å². The van der Waals surface area contributed by atoms with E-state index in [0.717, 1.165) is 25.9 Å². The van der Waals surface area contributed by atoms with Crippen LogP contribution in [0.1, 0.15) is 45.5 Å². The average Bonchev–Trinajstić information content (AvgIpc) is 3.48. The average molecular weight is 560 g/mol. The number of nitrogens with zero attached hydrogens (tertiary/aromatic N) is 2. The number of aromatic nitrogens is 1. The van der Waals surface area contributed by atoms with Gasteiger partial charge in [-0.3, -0.25) is 0 Å². The number of para-hydroxylation sites is 1. The molecule has 4 heteroatoms. The molecule has 5 aromatic rings. The van der Waals surface area contributed by atoms with Crippen molar-refractivity contribution in [2.75, 3.05) is 11.4 Å². The molecule has 7 rings (SSSR count). The smallest absolute Gasteiger partial charge is 0.263 e. The van der Waals surface area contributed by atoms with Crippen molar-refractivity contribution in [2.45, 2.75) is 52.0 Å². The summed E-state index contributed by atoms with van der Waals surface area (Å²) in [6.45, 7) is 11.3. The van der Waals surface area contributed by atoms with Gasteiger partial charge in [0.1, 0.15) is 11.2 Å². The molecule has 0 saturated carbocycles. The standard InChI is InChI=1S/C36H35N2S2/c1-5-37-30-13-9-10-14-31(30)39-33(37)20-24-19-25(23-36(3,4)22-24)21-34-38(6-2)35-29-16-15-26-11-7-8-12-27(26)28(29)17-18-32(35)40-34/h7-21H,5-6,22-23H2,1-4H3/q+1. The Balaban J connectivity index is 1.33. The Morgan fingerprint density at radius 3 is 2.50 bits per heavy atom. The molecule has 1 aliphatic heterocycles. The normalized spacial score (nSPS) is 18.8. The van der Waals surface area contributed by atoms with Crippen LogP contribution in [0.25, 0.3) is 37.8 Å². The number of thiazole rings is 1. The first-order valence-corrected chi connectivity index (χ1v) is 16.0. The number of allylic oxidation sites excluding steroid dienone is 4. The Labute approximate surface area is 245 Å². The van der Waals surface area contributed by atoms with Crippen LogP contribution < -0.4 is 9.47 Å².